The number of carbonyl (C=O) groups excluding carboxylic acids is 3. The van der Waals surface area contributed by atoms with Crippen LogP contribution in [0.5, 0.6) is 0 Å². The first-order valence-corrected chi connectivity index (χ1v) is 10.1. The fourth-order valence-corrected chi connectivity index (χ4v) is 6.21. The van der Waals surface area contributed by atoms with Gasteiger partial charge in [-0.25, -0.2) is 0 Å². The van der Waals surface area contributed by atoms with Crippen LogP contribution < -0.4 is 0 Å². The Morgan fingerprint density at radius 1 is 0.955 bits per heavy atom. The van der Waals surface area contributed by atoms with E-state index in [-0.39, 0.29) is 19.3 Å². The van der Waals surface area contributed by atoms with E-state index in [9.17, 15) is 14.4 Å². The van der Waals surface area contributed by atoms with Gasteiger partial charge < -0.3 is 0 Å². The van der Waals surface area contributed by atoms with Crippen molar-refractivity contribution in [3.8, 4) is 0 Å². The molecule has 0 fully saturated rings. The topological polar surface area (TPSA) is 78.9 Å². The molecule has 0 N–H and O–H groups in total. The van der Waals surface area contributed by atoms with Crippen LogP contribution in [0.2, 0.25) is 0 Å². The molecule has 1 rings (SSSR count). The summed E-state index contributed by atoms with van der Waals surface area (Å²) >= 11 is -4.54. The van der Waals surface area contributed by atoms with Gasteiger partial charge in [-0.05, 0) is 0 Å². The van der Waals surface area contributed by atoms with Crippen molar-refractivity contribution >= 4 is 17.9 Å². The molecule has 0 heterocycles. The van der Waals surface area contributed by atoms with E-state index >= 15 is 0 Å². The third-order valence-electron chi connectivity index (χ3n) is 3.15. The molecule has 1 aliphatic rings. The second kappa shape index (κ2) is 8.29. The summed E-state index contributed by atoms with van der Waals surface area (Å²) in [5.41, 5.74) is 0.816. The van der Waals surface area contributed by atoms with Crippen molar-refractivity contribution in [1.82, 2.24) is 0 Å². The van der Waals surface area contributed by atoms with Gasteiger partial charge in [-0.1, -0.05) is 0 Å². The molecular formula is C15H22O6Ti. The van der Waals surface area contributed by atoms with Gasteiger partial charge in [0.2, 0.25) is 0 Å². The Labute approximate surface area is 135 Å². The van der Waals surface area contributed by atoms with Crippen molar-refractivity contribution in [3.63, 3.8) is 0 Å². The number of carbonyl (C=O) groups is 3. The Hall–Kier alpha value is -1.40. The van der Waals surface area contributed by atoms with Gasteiger partial charge in [-0.3, -0.25) is 0 Å². The summed E-state index contributed by atoms with van der Waals surface area (Å²) in [5, 5.41) is 0. The van der Waals surface area contributed by atoms with Gasteiger partial charge in [-0.2, -0.15) is 0 Å². The average Bonchev–Trinajstić information content (AvgIpc) is 2.93. The molecule has 0 bridgehead atoms. The minimum absolute atomic E-state index is 0.111. The summed E-state index contributed by atoms with van der Waals surface area (Å²) < 4.78 is 17.0. The predicted octanol–water partition coefficient (Wildman–Crippen LogP) is 2.98. The summed E-state index contributed by atoms with van der Waals surface area (Å²) in [6, 6.07) is 0. The predicted molar refractivity (Wildman–Crippen MR) is 75.6 cm³/mol. The first-order valence-electron chi connectivity index (χ1n) is 7.40. The quantitative estimate of drug-likeness (QED) is 0.660. The van der Waals surface area contributed by atoms with E-state index in [1.54, 1.807) is 20.8 Å². The summed E-state index contributed by atoms with van der Waals surface area (Å²) in [5.74, 6) is -1.62. The van der Waals surface area contributed by atoms with Crippen LogP contribution in [0, 0.1) is 0 Å². The van der Waals surface area contributed by atoms with Crippen LogP contribution in [0.1, 0.15) is 53.4 Å². The van der Waals surface area contributed by atoms with Crippen LogP contribution in [0.4, 0.5) is 0 Å². The molecule has 0 aliphatic heterocycles. The van der Waals surface area contributed by atoms with Crippen LogP contribution in [-0.4, -0.2) is 17.9 Å². The van der Waals surface area contributed by atoms with Crippen molar-refractivity contribution in [2.75, 3.05) is 0 Å². The fourth-order valence-electron chi connectivity index (χ4n) is 1.90. The SMILES string of the molecule is CCC(=O)[O][Ti]([O]C(=O)CC)([O]C(=O)CC)[C]1=C(C)C=CC1. The van der Waals surface area contributed by atoms with Crippen LogP contribution in [-0.2, 0) is 42.1 Å². The number of rotatable bonds is 7. The Kier molecular flexibility index (Phi) is 7.03. The molecule has 0 spiro atoms. The summed E-state index contributed by atoms with van der Waals surface area (Å²) in [6.07, 6.45) is 4.50. The van der Waals surface area contributed by atoms with Gasteiger partial charge in [0.1, 0.15) is 0 Å². The van der Waals surface area contributed by atoms with E-state index < -0.39 is 35.7 Å². The Morgan fingerprint density at radius 3 is 1.64 bits per heavy atom. The van der Waals surface area contributed by atoms with Crippen LogP contribution in [0.3, 0.4) is 0 Å². The van der Waals surface area contributed by atoms with Gasteiger partial charge in [0.25, 0.3) is 0 Å². The zero-order chi connectivity index (χ0) is 16.8. The molecule has 6 nitrogen and oxygen atoms in total. The van der Waals surface area contributed by atoms with E-state index in [1.807, 2.05) is 19.1 Å². The number of hydrogen-bond acceptors (Lipinski definition) is 6. The van der Waals surface area contributed by atoms with Gasteiger partial charge >= 0.3 is 135 Å². The molecular weight excluding hydrogens is 324 g/mol. The summed E-state index contributed by atoms with van der Waals surface area (Å²) in [7, 11) is 0. The molecule has 0 saturated heterocycles. The molecule has 0 unspecified atom stereocenters. The van der Waals surface area contributed by atoms with E-state index in [1.165, 1.54) is 0 Å². The van der Waals surface area contributed by atoms with Crippen LogP contribution in [0.15, 0.2) is 21.6 Å². The van der Waals surface area contributed by atoms with E-state index in [4.69, 9.17) is 9.96 Å². The molecule has 122 valence electrons. The van der Waals surface area contributed by atoms with Crippen molar-refractivity contribution in [3.05, 3.63) is 21.6 Å². The minimum atomic E-state index is -4.54. The van der Waals surface area contributed by atoms with Crippen molar-refractivity contribution in [1.29, 1.82) is 0 Å². The monoisotopic (exact) mass is 346 g/mol. The van der Waals surface area contributed by atoms with E-state index in [0.29, 0.717) is 10.3 Å². The fraction of sp³-hybridized carbons (Fsp3) is 0.533. The standard InChI is InChI=1S/C6H7.3C3H6O2.Ti/c1-6-4-2-3-5-6;3*1-2-3(4)5;/h2,4H,3H2,1H3;3*2H2,1H3,(H,4,5);/q;;;;+3/p-3. The second-order valence-corrected chi connectivity index (χ2v) is 8.44. The van der Waals surface area contributed by atoms with Crippen molar-refractivity contribution in [2.45, 2.75) is 53.4 Å². The second-order valence-electron chi connectivity index (χ2n) is 4.81. The molecule has 0 aromatic rings. The van der Waals surface area contributed by atoms with Crippen molar-refractivity contribution < 1.29 is 42.1 Å². The zero-order valence-corrected chi connectivity index (χ0v) is 15.0. The maximum atomic E-state index is 11.8. The van der Waals surface area contributed by atoms with Crippen molar-refractivity contribution in [2.24, 2.45) is 0 Å². The van der Waals surface area contributed by atoms with Crippen LogP contribution >= 0.6 is 0 Å². The van der Waals surface area contributed by atoms with Gasteiger partial charge in [0, 0.05) is 0 Å². The normalized spacial score (nSPS) is 14.0. The van der Waals surface area contributed by atoms with Gasteiger partial charge in [0.05, 0.1) is 0 Å². The van der Waals surface area contributed by atoms with E-state index in [0.717, 1.165) is 5.57 Å². The molecule has 0 aromatic carbocycles. The Bertz CT molecular complexity index is 475. The van der Waals surface area contributed by atoms with Gasteiger partial charge in [0.15, 0.2) is 0 Å². The summed E-state index contributed by atoms with van der Waals surface area (Å²) in [4.78, 5) is 35.5. The Balaban J connectivity index is 3.27. The molecule has 0 amide bonds. The third kappa shape index (κ3) is 4.55. The van der Waals surface area contributed by atoms with Gasteiger partial charge in [-0.15, -0.1) is 0 Å². The average molecular weight is 346 g/mol. The first kappa shape index (κ1) is 18.7. The maximum absolute atomic E-state index is 11.8. The summed E-state index contributed by atoms with van der Waals surface area (Å²) in [6.45, 7) is 6.71. The first-order chi connectivity index (χ1) is 10.4. The zero-order valence-electron chi connectivity index (χ0n) is 13.4. The third-order valence-corrected chi connectivity index (χ3v) is 7.56. The molecule has 0 radical (unpaired) electrons. The molecule has 1 aliphatic carbocycles. The van der Waals surface area contributed by atoms with Crippen LogP contribution in [0.25, 0.3) is 0 Å². The Morgan fingerprint density at radius 2 is 1.36 bits per heavy atom. The molecule has 7 heteroatoms. The number of allylic oxidation sites excluding steroid dienone is 4. The number of hydrogen-bond donors (Lipinski definition) is 0. The molecule has 0 saturated carbocycles. The molecule has 22 heavy (non-hydrogen) atoms. The van der Waals surface area contributed by atoms with E-state index in [2.05, 4.69) is 0 Å². The molecule has 0 atom stereocenters. The molecule has 0 aromatic heterocycles.